The first-order valence-electron chi connectivity index (χ1n) is 10.8. The van der Waals surface area contributed by atoms with Crippen molar-refractivity contribution in [3.8, 4) is 5.75 Å². The minimum Gasteiger partial charge on any atom is -0.496 e. The number of nitrogens with zero attached hydrogens (tertiary/aromatic N) is 3. The summed E-state index contributed by atoms with van der Waals surface area (Å²) >= 11 is 0. The quantitative estimate of drug-likeness (QED) is 0.266. The van der Waals surface area contributed by atoms with Crippen LogP contribution >= 0.6 is 0 Å². The van der Waals surface area contributed by atoms with Crippen molar-refractivity contribution in [2.75, 3.05) is 19.5 Å². The highest BCUT2D eigenvalue weighted by Gasteiger charge is 2.19. The van der Waals surface area contributed by atoms with Gasteiger partial charge in [0.15, 0.2) is 5.84 Å². The molecule has 0 fully saturated rings. The van der Waals surface area contributed by atoms with E-state index in [1.807, 2.05) is 25.1 Å². The van der Waals surface area contributed by atoms with E-state index in [2.05, 4.69) is 32.2 Å². The van der Waals surface area contributed by atoms with E-state index in [4.69, 9.17) is 4.74 Å². The number of anilines is 1. The van der Waals surface area contributed by atoms with E-state index >= 15 is 0 Å². The van der Waals surface area contributed by atoms with Crippen molar-refractivity contribution in [2.24, 2.45) is 15.0 Å². The van der Waals surface area contributed by atoms with Gasteiger partial charge in [-0.3, -0.25) is 9.79 Å². The molecular weight excluding hydrogens is 433 g/mol. The first-order valence-corrected chi connectivity index (χ1v) is 10.8. The smallest absolute Gasteiger partial charge is 0.252 e. The normalized spacial score (nSPS) is 15.7. The van der Waals surface area contributed by atoms with Crippen molar-refractivity contribution >= 4 is 29.5 Å². The third kappa shape index (κ3) is 6.04. The number of carbonyl (C=O) groups is 1. The van der Waals surface area contributed by atoms with Gasteiger partial charge in [0, 0.05) is 31.6 Å². The monoisotopic (exact) mass is 461 g/mol. The fourth-order valence-corrected chi connectivity index (χ4v) is 3.42. The summed E-state index contributed by atoms with van der Waals surface area (Å²) in [4.78, 5) is 25.8. The summed E-state index contributed by atoms with van der Waals surface area (Å²) in [7, 11) is 3.15. The molecule has 0 bridgehead atoms. The fourth-order valence-electron chi connectivity index (χ4n) is 3.42. The van der Waals surface area contributed by atoms with E-state index in [9.17, 15) is 9.18 Å². The number of halogens is 1. The summed E-state index contributed by atoms with van der Waals surface area (Å²) in [5.41, 5.74) is 3.22. The van der Waals surface area contributed by atoms with E-state index in [-0.39, 0.29) is 17.8 Å². The SMILES string of the molecule is C=C(Cc1cccc(C2=NC(C)C=N2)c1OC)/C(=C\N=C(C)Nc1ccc(F)cc1)C(=O)NC. The predicted molar refractivity (Wildman–Crippen MR) is 136 cm³/mol. The third-order valence-electron chi connectivity index (χ3n) is 5.09. The van der Waals surface area contributed by atoms with Crippen LogP contribution in [0.15, 0.2) is 81.4 Å². The Labute approximate surface area is 198 Å². The number of carbonyl (C=O) groups excluding carboxylic acids is 1. The van der Waals surface area contributed by atoms with Crippen LogP contribution in [-0.2, 0) is 11.2 Å². The Morgan fingerprint density at radius 3 is 2.62 bits per heavy atom. The van der Waals surface area contributed by atoms with Gasteiger partial charge in [0.1, 0.15) is 17.4 Å². The Hall–Kier alpha value is -4.07. The number of rotatable bonds is 8. The van der Waals surface area contributed by atoms with E-state index in [1.165, 1.54) is 18.3 Å². The van der Waals surface area contributed by atoms with Crippen LogP contribution in [0.25, 0.3) is 0 Å². The standard InChI is InChI=1S/C26H28FN5O2/c1-16(13-19-7-6-8-22(24(19)34-5)25-30-14-17(2)31-25)23(26(33)28-4)15-29-18(3)32-21-11-9-20(27)10-12-21/h6-12,14-15,17H,1,13H2,2-5H3,(H,28,33)(H,29,32)/b23-15+. The zero-order valence-corrected chi connectivity index (χ0v) is 19.7. The largest absolute Gasteiger partial charge is 0.496 e. The lowest BCUT2D eigenvalue weighted by Crippen LogP contribution is -2.21. The number of hydrogen-bond acceptors (Lipinski definition) is 5. The van der Waals surface area contributed by atoms with Gasteiger partial charge < -0.3 is 15.4 Å². The maximum Gasteiger partial charge on any atom is 0.252 e. The molecule has 0 aromatic heterocycles. The molecule has 1 atom stereocenters. The highest BCUT2D eigenvalue weighted by Crippen LogP contribution is 2.29. The number of para-hydroxylation sites is 1. The number of benzene rings is 2. The van der Waals surface area contributed by atoms with Gasteiger partial charge in [-0.2, -0.15) is 0 Å². The van der Waals surface area contributed by atoms with E-state index < -0.39 is 0 Å². The summed E-state index contributed by atoms with van der Waals surface area (Å²) in [6.45, 7) is 7.84. The summed E-state index contributed by atoms with van der Waals surface area (Å²) in [6.07, 6.45) is 3.62. The Morgan fingerprint density at radius 1 is 1.26 bits per heavy atom. The second-order valence-electron chi connectivity index (χ2n) is 7.72. The fraction of sp³-hybridized carbons (Fsp3) is 0.231. The van der Waals surface area contributed by atoms with Gasteiger partial charge in [-0.15, -0.1) is 0 Å². The number of hydrogen-bond donors (Lipinski definition) is 2. The van der Waals surface area contributed by atoms with Crippen LogP contribution in [0, 0.1) is 5.82 Å². The van der Waals surface area contributed by atoms with Crippen molar-refractivity contribution in [3.63, 3.8) is 0 Å². The highest BCUT2D eigenvalue weighted by molar-refractivity contribution is 6.09. The molecule has 7 nitrogen and oxygen atoms in total. The molecule has 0 aliphatic carbocycles. The summed E-state index contributed by atoms with van der Waals surface area (Å²) < 4.78 is 18.8. The molecule has 1 unspecified atom stereocenters. The average Bonchev–Trinajstić information content (AvgIpc) is 3.26. The lowest BCUT2D eigenvalue weighted by Gasteiger charge is -2.15. The zero-order valence-electron chi connectivity index (χ0n) is 19.7. The van der Waals surface area contributed by atoms with E-state index in [0.717, 1.165) is 11.1 Å². The number of aliphatic imine (C=N–C) groups is 3. The zero-order chi connectivity index (χ0) is 24.7. The number of methoxy groups -OCH3 is 1. The number of likely N-dealkylation sites (N-methyl/N-ethyl adjacent to an activating group) is 1. The molecule has 1 aliphatic rings. The molecule has 0 saturated carbocycles. The first kappa shape index (κ1) is 24.6. The molecular formula is C26H28FN5O2. The molecule has 8 heteroatoms. The lowest BCUT2D eigenvalue weighted by atomic mass is 9.97. The number of amides is 1. The van der Waals surface area contributed by atoms with E-state index in [0.29, 0.717) is 40.7 Å². The predicted octanol–water partition coefficient (Wildman–Crippen LogP) is 4.31. The van der Waals surface area contributed by atoms with Crippen molar-refractivity contribution in [1.29, 1.82) is 0 Å². The van der Waals surface area contributed by atoms with Crippen LogP contribution < -0.4 is 15.4 Å². The molecule has 1 heterocycles. The highest BCUT2D eigenvalue weighted by atomic mass is 19.1. The van der Waals surface area contributed by atoms with Crippen molar-refractivity contribution in [1.82, 2.24) is 5.32 Å². The van der Waals surface area contributed by atoms with Gasteiger partial charge in [0.05, 0.1) is 24.3 Å². The molecule has 0 saturated heterocycles. The molecule has 1 amide bonds. The van der Waals surface area contributed by atoms with Crippen LogP contribution in [0.1, 0.15) is 25.0 Å². The lowest BCUT2D eigenvalue weighted by molar-refractivity contribution is -0.116. The first-order chi connectivity index (χ1) is 16.3. The Kier molecular flexibility index (Phi) is 8.08. The van der Waals surface area contributed by atoms with Gasteiger partial charge in [-0.05, 0) is 55.3 Å². The van der Waals surface area contributed by atoms with Gasteiger partial charge >= 0.3 is 0 Å². The van der Waals surface area contributed by atoms with Crippen molar-refractivity contribution in [2.45, 2.75) is 26.3 Å². The van der Waals surface area contributed by atoms with E-state index in [1.54, 1.807) is 39.4 Å². The maximum absolute atomic E-state index is 13.1. The number of amidine groups is 2. The van der Waals surface area contributed by atoms with Gasteiger partial charge in [0.2, 0.25) is 0 Å². The molecule has 2 N–H and O–H groups in total. The molecule has 0 spiro atoms. The minimum absolute atomic E-state index is 0.0192. The Balaban J connectivity index is 1.85. The van der Waals surface area contributed by atoms with Gasteiger partial charge in [-0.1, -0.05) is 18.7 Å². The van der Waals surface area contributed by atoms with Crippen LogP contribution in [0.3, 0.4) is 0 Å². The molecule has 0 radical (unpaired) electrons. The summed E-state index contributed by atoms with van der Waals surface area (Å²) in [5.74, 6) is 1.16. The van der Waals surface area contributed by atoms with Crippen LogP contribution in [0.2, 0.25) is 0 Å². The molecule has 1 aliphatic heterocycles. The summed E-state index contributed by atoms with van der Waals surface area (Å²) in [5, 5.41) is 5.69. The van der Waals surface area contributed by atoms with Crippen LogP contribution in [0.4, 0.5) is 10.1 Å². The Bertz CT molecular complexity index is 1200. The molecule has 2 aromatic carbocycles. The number of nitrogens with one attached hydrogen (secondary N) is 2. The molecule has 34 heavy (non-hydrogen) atoms. The second-order valence-corrected chi connectivity index (χ2v) is 7.72. The van der Waals surface area contributed by atoms with Crippen molar-refractivity contribution in [3.05, 3.63) is 83.3 Å². The number of ether oxygens (including phenoxy) is 1. The van der Waals surface area contributed by atoms with Crippen LogP contribution in [-0.4, -0.2) is 44.0 Å². The minimum atomic E-state index is -0.320. The van der Waals surface area contributed by atoms with Gasteiger partial charge in [0.25, 0.3) is 5.91 Å². The average molecular weight is 462 g/mol. The maximum atomic E-state index is 13.1. The molecule has 3 rings (SSSR count). The molecule has 176 valence electrons. The van der Waals surface area contributed by atoms with Gasteiger partial charge in [-0.25, -0.2) is 14.4 Å². The van der Waals surface area contributed by atoms with Crippen molar-refractivity contribution < 1.29 is 13.9 Å². The Morgan fingerprint density at radius 2 is 2.00 bits per heavy atom. The topological polar surface area (TPSA) is 87.4 Å². The van der Waals surface area contributed by atoms with Crippen LogP contribution in [0.5, 0.6) is 5.75 Å². The second kappa shape index (κ2) is 11.2. The third-order valence-corrected chi connectivity index (χ3v) is 5.09. The summed E-state index contributed by atoms with van der Waals surface area (Å²) in [6, 6.07) is 11.7. The molecule has 2 aromatic rings.